The van der Waals surface area contributed by atoms with E-state index in [4.69, 9.17) is 11.6 Å². The Balaban J connectivity index is 1.74. The van der Waals surface area contributed by atoms with E-state index in [0.717, 1.165) is 26.2 Å². The van der Waals surface area contributed by atoms with Gasteiger partial charge in [-0.15, -0.1) is 13.2 Å². The van der Waals surface area contributed by atoms with Gasteiger partial charge in [-0.05, 0) is 53.1 Å². The Kier molecular flexibility index (Phi) is 7.56. The zero-order valence-electron chi connectivity index (χ0n) is 19.0. The number of rotatable bonds is 7. The largest absolute Gasteiger partial charge is 0.573 e. The number of alkyl halides is 3. The van der Waals surface area contributed by atoms with Gasteiger partial charge >= 0.3 is 6.36 Å². The number of nitrogens with zero attached hydrogens (tertiary/aromatic N) is 2. The summed E-state index contributed by atoms with van der Waals surface area (Å²) in [5.74, 6) is -0.378. The highest BCUT2D eigenvalue weighted by Crippen LogP contribution is 2.31. The number of piperazine rings is 1. The number of halogens is 4. The molecule has 0 saturated carbocycles. The summed E-state index contributed by atoms with van der Waals surface area (Å²) in [4.78, 5) is 6.88. The molecule has 2 aromatic carbocycles. The summed E-state index contributed by atoms with van der Waals surface area (Å²) in [5.41, 5.74) is 2.36. The smallest absolute Gasteiger partial charge is 0.406 e. The second-order valence-electron chi connectivity index (χ2n) is 8.40. The van der Waals surface area contributed by atoms with Crippen LogP contribution in [0.25, 0.3) is 10.9 Å². The molecule has 3 aromatic rings. The lowest BCUT2D eigenvalue weighted by atomic mass is 10.0. The minimum Gasteiger partial charge on any atom is -0.406 e. The molecule has 1 saturated heterocycles. The van der Waals surface area contributed by atoms with E-state index in [-0.39, 0.29) is 22.8 Å². The first-order chi connectivity index (χ1) is 16.5. The molecule has 1 aliphatic heterocycles. The Bertz CT molecular complexity index is 1330. The number of fused-ring (bicyclic) bond motifs is 1. The van der Waals surface area contributed by atoms with Crippen molar-refractivity contribution in [2.75, 3.05) is 31.9 Å². The van der Waals surface area contributed by atoms with Gasteiger partial charge in [-0.2, -0.15) is 0 Å². The molecule has 11 heteroatoms. The van der Waals surface area contributed by atoms with Crippen LogP contribution in [0.4, 0.5) is 13.2 Å². The second-order valence-corrected chi connectivity index (χ2v) is 11.1. The SMILES string of the molecule is CCS(=O)(=O)c1ccc(Cl)cc1Cc1cnc2c(CN3CCNCC3)cc(OC(F)(F)F)cc2c1. The van der Waals surface area contributed by atoms with Crippen LogP contribution >= 0.6 is 11.6 Å². The topological polar surface area (TPSA) is 71.5 Å². The molecule has 6 nitrogen and oxygen atoms in total. The Morgan fingerprint density at radius 1 is 1.11 bits per heavy atom. The fourth-order valence-corrected chi connectivity index (χ4v) is 5.54. The molecule has 1 fully saturated rings. The fraction of sp³-hybridized carbons (Fsp3) is 0.375. The van der Waals surface area contributed by atoms with Gasteiger partial charge in [0.15, 0.2) is 9.84 Å². The highest BCUT2D eigenvalue weighted by molar-refractivity contribution is 7.91. The third-order valence-electron chi connectivity index (χ3n) is 5.86. The zero-order valence-corrected chi connectivity index (χ0v) is 20.6. The molecular weight excluding hydrogens is 503 g/mol. The fourth-order valence-electron chi connectivity index (χ4n) is 4.23. The van der Waals surface area contributed by atoms with Crippen molar-refractivity contribution >= 4 is 32.3 Å². The molecular formula is C24H25ClF3N3O3S. The maximum atomic E-state index is 13.0. The number of benzene rings is 2. The van der Waals surface area contributed by atoms with Crippen molar-refractivity contribution in [2.45, 2.75) is 31.1 Å². The van der Waals surface area contributed by atoms with Gasteiger partial charge in [-0.1, -0.05) is 18.5 Å². The molecule has 0 atom stereocenters. The maximum Gasteiger partial charge on any atom is 0.573 e. The van der Waals surface area contributed by atoms with Crippen LogP contribution in [0.2, 0.25) is 5.02 Å². The van der Waals surface area contributed by atoms with Crippen LogP contribution in [0.5, 0.6) is 5.75 Å². The quantitative estimate of drug-likeness (QED) is 0.485. The lowest BCUT2D eigenvalue weighted by Gasteiger charge is -2.27. The Labute approximate surface area is 207 Å². The van der Waals surface area contributed by atoms with E-state index in [1.807, 2.05) is 0 Å². The number of aromatic nitrogens is 1. The molecule has 1 N–H and O–H groups in total. The predicted octanol–water partition coefficient (Wildman–Crippen LogP) is 4.58. The van der Waals surface area contributed by atoms with Crippen LogP contribution < -0.4 is 10.1 Å². The van der Waals surface area contributed by atoms with Gasteiger partial charge in [0, 0.05) is 55.8 Å². The van der Waals surface area contributed by atoms with Crippen molar-refractivity contribution in [3.63, 3.8) is 0 Å². The molecule has 0 spiro atoms. The van der Waals surface area contributed by atoms with Gasteiger partial charge in [0.05, 0.1) is 16.2 Å². The number of hydrogen-bond donors (Lipinski definition) is 1. The molecule has 1 aromatic heterocycles. The summed E-state index contributed by atoms with van der Waals surface area (Å²) in [5, 5.41) is 4.13. The lowest BCUT2D eigenvalue weighted by Crippen LogP contribution is -2.42. The lowest BCUT2D eigenvalue weighted by molar-refractivity contribution is -0.274. The number of pyridine rings is 1. The Morgan fingerprint density at radius 3 is 2.54 bits per heavy atom. The highest BCUT2D eigenvalue weighted by atomic mass is 35.5. The first kappa shape index (κ1) is 25.7. The second kappa shape index (κ2) is 10.3. The summed E-state index contributed by atoms with van der Waals surface area (Å²) in [6.07, 6.45) is -3.00. The summed E-state index contributed by atoms with van der Waals surface area (Å²) < 4.78 is 68.3. The maximum absolute atomic E-state index is 13.0. The van der Waals surface area contributed by atoms with Gasteiger partial charge in [0.25, 0.3) is 0 Å². The minimum absolute atomic E-state index is 0.0644. The average Bonchev–Trinajstić information content (AvgIpc) is 2.78. The molecule has 4 rings (SSSR count). The van der Waals surface area contributed by atoms with Gasteiger partial charge in [-0.25, -0.2) is 8.42 Å². The molecule has 0 bridgehead atoms. The minimum atomic E-state index is -4.82. The van der Waals surface area contributed by atoms with Crippen LogP contribution in [0.3, 0.4) is 0 Å². The van der Waals surface area contributed by atoms with Crippen molar-refractivity contribution in [3.05, 3.63) is 64.3 Å². The molecule has 0 radical (unpaired) electrons. The van der Waals surface area contributed by atoms with E-state index in [0.29, 0.717) is 39.2 Å². The Morgan fingerprint density at radius 2 is 1.86 bits per heavy atom. The highest BCUT2D eigenvalue weighted by Gasteiger charge is 2.31. The van der Waals surface area contributed by atoms with E-state index >= 15 is 0 Å². The summed E-state index contributed by atoms with van der Waals surface area (Å²) in [7, 11) is -3.49. The molecule has 1 aliphatic rings. The summed E-state index contributed by atoms with van der Waals surface area (Å²) in [6, 6.07) is 9.00. The van der Waals surface area contributed by atoms with Crippen LogP contribution in [-0.2, 0) is 22.8 Å². The molecule has 0 amide bonds. The molecule has 0 unspecified atom stereocenters. The third-order valence-corrected chi connectivity index (χ3v) is 7.93. The molecule has 188 valence electrons. The van der Waals surface area contributed by atoms with E-state index in [2.05, 4.69) is 19.9 Å². The number of nitrogens with one attached hydrogen (secondary N) is 1. The zero-order chi connectivity index (χ0) is 25.2. The van der Waals surface area contributed by atoms with Crippen LogP contribution in [0, 0.1) is 0 Å². The first-order valence-corrected chi connectivity index (χ1v) is 13.2. The van der Waals surface area contributed by atoms with E-state index in [1.165, 1.54) is 24.3 Å². The molecule has 0 aliphatic carbocycles. The van der Waals surface area contributed by atoms with Crippen molar-refractivity contribution in [2.24, 2.45) is 0 Å². The van der Waals surface area contributed by atoms with E-state index in [1.54, 1.807) is 25.3 Å². The Hall–Kier alpha value is -2.40. The van der Waals surface area contributed by atoms with Crippen molar-refractivity contribution in [3.8, 4) is 5.75 Å². The van der Waals surface area contributed by atoms with Gasteiger partial charge < -0.3 is 10.1 Å². The monoisotopic (exact) mass is 527 g/mol. The van der Waals surface area contributed by atoms with E-state index in [9.17, 15) is 21.6 Å². The number of hydrogen-bond acceptors (Lipinski definition) is 6. The van der Waals surface area contributed by atoms with Crippen LogP contribution in [-0.4, -0.2) is 56.6 Å². The van der Waals surface area contributed by atoms with Gasteiger partial charge in [0.1, 0.15) is 5.75 Å². The van der Waals surface area contributed by atoms with Gasteiger partial charge in [0.2, 0.25) is 0 Å². The first-order valence-electron chi connectivity index (χ1n) is 11.2. The summed E-state index contributed by atoms with van der Waals surface area (Å²) in [6.45, 7) is 5.15. The molecule has 2 heterocycles. The summed E-state index contributed by atoms with van der Waals surface area (Å²) >= 11 is 6.12. The third kappa shape index (κ3) is 6.43. The van der Waals surface area contributed by atoms with Crippen LogP contribution in [0.1, 0.15) is 23.6 Å². The van der Waals surface area contributed by atoms with Crippen molar-refractivity contribution in [1.82, 2.24) is 15.2 Å². The standard InChI is InChI=1S/C24H25ClF3N3O3S/c1-2-35(32,33)22-4-3-20(25)11-17(22)9-16-10-18-12-21(34-24(26,27)28)13-19(23(18)30-14-16)15-31-7-5-29-6-8-31/h3-4,10-14,29H,2,5-9,15H2,1H3. The van der Waals surface area contributed by atoms with E-state index < -0.39 is 16.2 Å². The van der Waals surface area contributed by atoms with Crippen molar-refractivity contribution < 1.29 is 26.3 Å². The van der Waals surface area contributed by atoms with Gasteiger partial charge in [-0.3, -0.25) is 9.88 Å². The average molecular weight is 528 g/mol. The number of ether oxygens (including phenoxy) is 1. The normalized spacial score (nSPS) is 15.5. The predicted molar refractivity (Wildman–Crippen MR) is 129 cm³/mol. The molecule has 35 heavy (non-hydrogen) atoms. The number of sulfone groups is 1. The van der Waals surface area contributed by atoms with Crippen molar-refractivity contribution in [1.29, 1.82) is 0 Å². The van der Waals surface area contributed by atoms with Crippen LogP contribution in [0.15, 0.2) is 47.5 Å².